The minimum Gasteiger partial charge on any atom is -0.324 e. The number of hydrogen-bond donors (Lipinski definition) is 1. The maximum atomic E-state index is 13.7. The van der Waals surface area contributed by atoms with Crippen LogP contribution >= 0.6 is 11.8 Å². The van der Waals surface area contributed by atoms with Gasteiger partial charge in [0.05, 0.1) is 16.5 Å². The number of nitrogens with zero attached hydrogens (tertiary/aromatic N) is 1. The first-order valence-electron chi connectivity index (χ1n) is 7.31. The molecular formula is C18H14F2N2OS. The van der Waals surface area contributed by atoms with E-state index in [2.05, 4.69) is 10.3 Å². The van der Waals surface area contributed by atoms with Crippen LogP contribution in [-0.2, 0) is 4.79 Å². The lowest BCUT2D eigenvalue weighted by atomic mass is 10.2. The number of benzene rings is 2. The molecule has 0 saturated heterocycles. The maximum absolute atomic E-state index is 13.7. The van der Waals surface area contributed by atoms with Crippen LogP contribution < -0.4 is 5.32 Å². The van der Waals surface area contributed by atoms with Crippen LogP contribution in [0.2, 0.25) is 0 Å². The van der Waals surface area contributed by atoms with E-state index >= 15 is 0 Å². The van der Waals surface area contributed by atoms with Crippen molar-refractivity contribution in [3.8, 4) is 0 Å². The maximum Gasteiger partial charge on any atom is 0.237 e. The molecule has 0 aliphatic heterocycles. The normalized spacial score (nSPS) is 12.1. The number of aromatic nitrogens is 1. The van der Waals surface area contributed by atoms with Gasteiger partial charge in [0.2, 0.25) is 5.91 Å². The SMILES string of the molecule is C[C@@H](Sc1cc(F)ccc1F)C(=O)Nc1cccc2ncccc12. The zero-order valence-electron chi connectivity index (χ0n) is 12.8. The molecule has 1 heterocycles. The first-order valence-corrected chi connectivity index (χ1v) is 8.19. The quantitative estimate of drug-likeness (QED) is 0.702. The third-order valence-electron chi connectivity index (χ3n) is 3.47. The summed E-state index contributed by atoms with van der Waals surface area (Å²) in [4.78, 5) is 16.7. The van der Waals surface area contributed by atoms with Crippen molar-refractivity contribution < 1.29 is 13.6 Å². The van der Waals surface area contributed by atoms with E-state index in [1.54, 1.807) is 31.3 Å². The van der Waals surface area contributed by atoms with Crippen molar-refractivity contribution >= 4 is 34.3 Å². The van der Waals surface area contributed by atoms with Crippen molar-refractivity contribution in [3.05, 3.63) is 66.4 Å². The second kappa shape index (κ2) is 6.97. The van der Waals surface area contributed by atoms with Crippen LogP contribution in [0.5, 0.6) is 0 Å². The molecule has 1 atom stereocenters. The lowest BCUT2D eigenvalue weighted by Crippen LogP contribution is -2.22. The highest BCUT2D eigenvalue weighted by Gasteiger charge is 2.18. The summed E-state index contributed by atoms with van der Waals surface area (Å²) in [5.74, 6) is -1.37. The average Bonchev–Trinajstić information content (AvgIpc) is 2.58. The molecule has 0 aliphatic carbocycles. The molecule has 122 valence electrons. The molecule has 0 aliphatic rings. The highest BCUT2D eigenvalue weighted by molar-refractivity contribution is 8.00. The first-order chi connectivity index (χ1) is 11.5. The largest absolute Gasteiger partial charge is 0.324 e. The van der Waals surface area contributed by atoms with E-state index in [1.165, 1.54) is 0 Å². The molecule has 0 bridgehead atoms. The summed E-state index contributed by atoms with van der Waals surface area (Å²) in [6, 6.07) is 12.3. The molecule has 3 aromatic rings. The molecule has 1 amide bonds. The van der Waals surface area contributed by atoms with Crippen molar-refractivity contribution in [2.45, 2.75) is 17.1 Å². The second-order valence-electron chi connectivity index (χ2n) is 5.20. The van der Waals surface area contributed by atoms with Crippen LogP contribution in [0.25, 0.3) is 10.9 Å². The number of carbonyl (C=O) groups is 1. The zero-order chi connectivity index (χ0) is 17.1. The molecule has 0 spiro atoms. The predicted octanol–water partition coefficient (Wildman–Crippen LogP) is 4.63. The fraction of sp³-hybridized carbons (Fsp3) is 0.111. The van der Waals surface area contributed by atoms with Gasteiger partial charge in [-0.2, -0.15) is 0 Å². The Balaban J connectivity index is 1.77. The topological polar surface area (TPSA) is 42.0 Å². The lowest BCUT2D eigenvalue weighted by molar-refractivity contribution is -0.115. The number of halogens is 2. The van der Waals surface area contributed by atoms with Crippen molar-refractivity contribution in [2.24, 2.45) is 0 Å². The number of anilines is 1. The molecule has 0 unspecified atom stereocenters. The number of carbonyl (C=O) groups excluding carboxylic acids is 1. The van der Waals surface area contributed by atoms with Gasteiger partial charge in [0.15, 0.2) is 0 Å². The van der Waals surface area contributed by atoms with Gasteiger partial charge in [-0.05, 0) is 49.4 Å². The van der Waals surface area contributed by atoms with Gasteiger partial charge in [-0.15, -0.1) is 11.8 Å². The standard InChI is InChI=1S/C18H14F2N2OS/c1-11(24-17-10-12(19)7-8-14(17)20)18(23)22-16-6-2-5-15-13(16)4-3-9-21-15/h2-11H,1H3,(H,22,23)/t11-/m1/s1. The van der Waals surface area contributed by atoms with E-state index in [9.17, 15) is 13.6 Å². The summed E-state index contributed by atoms with van der Waals surface area (Å²) in [6.07, 6.45) is 1.68. The highest BCUT2D eigenvalue weighted by Crippen LogP contribution is 2.28. The zero-order valence-corrected chi connectivity index (χ0v) is 13.6. The Bertz CT molecular complexity index is 896. The van der Waals surface area contributed by atoms with E-state index in [4.69, 9.17) is 0 Å². The van der Waals surface area contributed by atoms with Crippen molar-refractivity contribution in [2.75, 3.05) is 5.32 Å². The minimum absolute atomic E-state index is 0.109. The van der Waals surface area contributed by atoms with Crippen molar-refractivity contribution in [3.63, 3.8) is 0 Å². The molecule has 0 fully saturated rings. The number of rotatable bonds is 4. The van der Waals surface area contributed by atoms with E-state index in [0.717, 1.165) is 40.9 Å². The summed E-state index contributed by atoms with van der Waals surface area (Å²) in [6.45, 7) is 1.65. The number of fused-ring (bicyclic) bond motifs is 1. The molecule has 3 nitrogen and oxygen atoms in total. The summed E-state index contributed by atoms with van der Waals surface area (Å²) in [7, 11) is 0. The molecule has 0 saturated carbocycles. The van der Waals surface area contributed by atoms with Gasteiger partial charge < -0.3 is 5.32 Å². The average molecular weight is 344 g/mol. The molecule has 6 heteroatoms. The highest BCUT2D eigenvalue weighted by atomic mass is 32.2. The van der Waals surface area contributed by atoms with E-state index in [1.807, 2.05) is 12.1 Å². The van der Waals surface area contributed by atoms with Crippen molar-refractivity contribution in [1.82, 2.24) is 4.98 Å². The van der Waals surface area contributed by atoms with E-state index < -0.39 is 16.9 Å². The Hall–Kier alpha value is -2.47. The number of thioether (sulfide) groups is 1. The van der Waals surface area contributed by atoms with E-state index in [0.29, 0.717) is 5.69 Å². The third kappa shape index (κ3) is 3.54. The van der Waals surface area contributed by atoms with Gasteiger partial charge in [0, 0.05) is 16.5 Å². The van der Waals surface area contributed by atoms with Gasteiger partial charge in [0.25, 0.3) is 0 Å². The second-order valence-corrected chi connectivity index (χ2v) is 6.58. The Kier molecular flexibility index (Phi) is 4.76. The van der Waals surface area contributed by atoms with Crippen LogP contribution in [0.4, 0.5) is 14.5 Å². The van der Waals surface area contributed by atoms with Crippen LogP contribution in [0.3, 0.4) is 0 Å². The Morgan fingerprint density at radius 1 is 1.17 bits per heavy atom. The Labute approximate surface area is 142 Å². The first kappa shape index (κ1) is 16.4. The molecule has 2 aromatic carbocycles. The summed E-state index contributed by atoms with van der Waals surface area (Å²) >= 11 is 0.974. The van der Waals surface area contributed by atoms with Gasteiger partial charge in [0.1, 0.15) is 11.6 Å². The van der Waals surface area contributed by atoms with Crippen molar-refractivity contribution in [1.29, 1.82) is 0 Å². The number of amides is 1. The van der Waals surface area contributed by atoms with Gasteiger partial charge in [-0.25, -0.2) is 8.78 Å². The lowest BCUT2D eigenvalue weighted by Gasteiger charge is -2.14. The number of nitrogens with one attached hydrogen (secondary N) is 1. The summed E-state index contributed by atoms with van der Waals surface area (Å²) in [5.41, 5.74) is 1.41. The third-order valence-corrected chi connectivity index (χ3v) is 4.60. The molecule has 1 N–H and O–H groups in total. The smallest absolute Gasteiger partial charge is 0.237 e. The van der Waals surface area contributed by atoms with Gasteiger partial charge in [-0.1, -0.05) is 6.07 Å². The molecule has 1 aromatic heterocycles. The van der Waals surface area contributed by atoms with Crippen LogP contribution in [0.1, 0.15) is 6.92 Å². The minimum atomic E-state index is -0.590. The Morgan fingerprint density at radius 2 is 2.00 bits per heavy atom. The van der Waals surface area contributed by atoms with E-state index in [-0.39, 0.29) is 10.8 Å². The van der Waals surface area contributed by atoms with Crippen LogP contribution in [0, 0.1) is 11.6 Å². The fourth-order valence-electron chi connectivity index (χ4n) is 2.26. The number of pyridine rings is 1. The molecule has 3 rings (SSSR count). The summed E-state index contributed by atoms with van der Waals surface area (Å²) in [5, 5.41) is 3.06. The molecule has 24 heavy (non-hydrogen) atoms. The monoisotopic (exact) mass is 344 g/mol. The van der Waals surface area contributed by atoms with Gasteiger partial charge >= 0.3 is 0 Å². The molecular weight excluding hydrogens is 330 g/mol. The summed E-state index contributed by atoms with van der Waals surface area (Å²) < 4.78 is 26.9. The van der Waals surface area contributed by atoms with Crippen LogP contribution in [0.15, 0.2) is 59.6 Å². The van der Waals surface area contributed by atoms with Gasteiger partial charge in [-0.3, -0.25) is 9.78 Å². The Morgan fingerprint density at radius 3 is 2.83 bits per heavy atom. The predicted molar refractivity (Wildman–Crippen MR) is 92.0 cm³/mol. The number of hydrogen-bond acceptors (Lipinski definition) is 3. The fourth-order valence-corrected chi connectivity index (χ4v) is 3.17. The van der Waals surface area contributed by atoms with Crippen LogP contribution in [-0.4, -0.2) is 16.1 Å². The molecule has 0 radical (unpaired) electrons.